The van der Waals surface area contributed by atoms with Gasteiger partial charge in [-0.05, 0) is 24.6 Å². The monoisotopic (exact) mass is 262 g/mol. The van der Waals surface area contributed by atoms with Gasteiger partial charge in [-0.15, -0.1) is 13.2 Å². The van der Waals surface area contributed by atoms with E-state index in [1.54, 1.807) is 37.8 Å². The van der Waals surface area contributed by atoms with E-state index in [1.165, 1.54) is 11.0 Å². The molecule has 2 rings (SSSR count). The summed E-state index contributed by atoms with van der Waals surface area (Å²) in [6.45, 7) is 7.70. The van der Waals surface area contributed by atoms with Crippen molar-refractivity contribution in [2.24, 2.45) is 7.05 Å². The average Bonchev–Trinajstić information content (AvgIpc) is 2.69. The third kappa shape index (κ3) is 2.67. The molecule has 0 saturated heterocycles. The number of nitrogens with zero attached hydrogens (tertiary/aromatic N) is 2. The maximum absolute atomic E-state index is 13.5. The second-order valence-electron chi connectivity index (χ2n) is 4.47. The number of hydrogen-bond acceptors (Lipinski definition) is 1. The Morgan fingerprint density at radius 2 is 1.89 bits per heavy atom. The second-order valence-corrected chi connectivity index (χ2v) is 4.47. The summed E-state index contributed by atoms with van der Waals surface area (Å²) < 4.78 is 15.3. The van der Waals surface area contributed by atoms with Crippen molar-refractivity contribution in [2.75, 3.05) is 14.1 Å². The molecule has 0 N–H and O–H groups in total. The molecule has 102 valence electrons. The van der Waals surface area contributed by atoms with Crippen molar-refractivity contribution in [1.82, 2.24) is 9.47 Å². The third-order valence-corrected chi connectivity index (χ3v) is 2.91. The molecule has 0 aliphatic carbocycles. The van der Waals surface area contributed by atoms with Crippen LogP contribution >= 0.6 is 0 Å². The van der Waals surface area contributed by atoms with Crippen LogP contribution in [-0.4, -0.2) is 29.5 Å². The van der Waals surface area contributed by atoms with Crippen molar-refractivity contribution >= 4 is 16.8 Å². The first-order chi connectivity index (χ1) is 8.91. The zero-order valence-electron chi connectivity index (χ0n) is 11.8. The number of carbonyl (C=O) groups excluding carboxylic acids is 1. The summed E-state index contributed by atoms with van der Waals surface area (Å²) >= 11 is 0. The predicted molar refractivity (Wildman–Crippen MR) is 76.9 cm³/mol. The quantitative estimate of drug-likeness (QED) is 0.725. The van der Waals surface area contributed by atoms with E-state index in [2.05, 4.69) is 13.2 Å². The molecule has 2 aromatic rings. The normalized spacial score (nSPS) is 9.95. The zero-order valence-corrected chi connectivity index (χ0v) is 11.8. The molecule has 0 atom stereocenters. The lowest BCUT2D eigenvalue weighted by molar-refractivity contribution is 0.0829. The van der Waals surface area contributed by atoms with Crippen molar-refractivity contribution in [3.05, 3.63) is 48.4 Å². The Hall–Kier alpha value is -2.10. The summed E-state index contributed by atoms with van der Waals surface area (Å²) in [5.74, 6) is -0.316. The van der Waals surface area contributed by atoms with Crippen molar-refractivity contribution in [2.45, 2.75) is 6.92 Å². The first-order valence-electron chi connectivity index (χ1n) is 5.88. The van der Waals surface area contributed by atoms with E-state index in [9.17, 15) is 9.18 Å². The fourth-order valence-corrected chi connectivity index (χ4v) is 1.92. The highest BCUT2D eigenvalue weighted by Gasteiger charge is 2.16. The van der Waals surface area contributed by atoms with Gasteiger partial charge in [0, 0.05) is 32.7 Å². The molecule has 3 nitrogen and oxygen atoms in total. The number of aryl methyl sites for hydroxylation is 2. The largest absolute Gasteiger partial charge is 0.350 e. The van der Waals surface area contributed by atoms with Gasteiger partial charge < -0.3 is 9.47 Å². The maximum atomic E-state index is 13.5. The smallest absolute Gasteiger partial charge is 0.255 e. The van der Waals surface area contributed by atoms with Crippen molar-refractivity contribution in [3.8, 4) is 0 Å². The van der Waals surface area contributed by atoms with Gasteiger partial charge in [0.1, 0.15) is 5.82 Å². The van der Waals surface area contributed by atoms with Gasteiger partial charge in [0.05, 0.1) is 11.1 Å². The van der Waals surface area contributed by atoms with E-state index in [1.807, 2.05) is 7.05 Å². The summed E-state index contributed by atoms with van der Waals surface area (Å²) in [6.07, 6.45) is 1.74. The molecule has 1 aromatic carbocycles. The van der Waals surface area contributed by atoms with Crippen LogP contribution in [0, 0.1) is 12.7 Å². The number of fused-ring (bicyclic) bond motifs is 1. The molecule has 1 amide bonds. The molecule has 0 aliphatic rings. The molecule has 4 heteroatoms. The number of halogens is 1. The molecule has 1 heterocycles. The van der Waals surface area contributed by atoms with Gasteiger partial charge in [-0.1, -0.05) is 0 Å². The standard InChI is InChI=1S/C13H15FN2O.C2H4/c1-8-5-9-10(13(17)15(2)3)7-16(4)12(9)6-11(8)14;1-2/h5-7H,1-4H3;1-2H2. The number of benzene rings is 1. The van der Waals surface area contributed by atoms with Gasteiger partial charge in [0.15, 0.2) is 0 Å². The molecular weight excluding hydrogens is 243 g/mol. The van der Waals surface area contributed by atoms with Crippen LogP contribution < -0.4 is 0 Å². The molecule has 0 unspecified atom stereocenters. The van der Waals surface area contributed by atoms with Crippen molar-refractivity contribution in [1.29, 1.82) is 0 Å². The minimum atomic E-state index is -0.248. The van der Waals surface area contributed by atoms with Crippen LogP contribution in [0.5, 0.6) is 0 Å². The van der Waals surface area contributed by atoms with Gasteiger partial charge in [0.2, 0.25) is 0 Å². The van der Waals surface area contributed by atoms with Crippen LogP contribution in [0.1, 0.15) is 15.9 Å². The first kappa shape index (κ1) is 15.0. The lowest BCUT2D eigenvalue weighted by Gasteiger charge is -2.08. The highest BCUT2D eigenvalue weighted by Crippen LogP contribution is 2.24. The third-order valence-electron chi connectivity index (χ3n) is 2.91. The highest BCUT2D eigenvalue weighted by molar-refractivity contribution is 6.07. The van der Waals surface area contributed by atoms with E-state index < -0.39 is 0 Å². The van der Waals surface area contributed by atoms with E-state index in [4.69, 9.17) is 0 Å². The van der Waals surface area contributed by atoms with Crippen LogP contribution in [0.2, 0.25) is 0 Å². The van der Waals surface area contributed by atoms with Gasteiger partial charge in [-0.25, -0.2) is 4.39 Å². The van der Waals surface area contributed by atoms with Gasteiger partial charge >= 0.3 is 0 Å². The van der Waals surface area contributed by atoms with Crippen molar-refractivity contribution in [3.63, 3.8) is 0 Å². The molecule has 0 aliphatic heterocycles. The number of aromatic nitrogens is 1. The summed E-state index contributed by atoms with van der Waals surface area (Å²) in [4.78, 5) is 13.5. The van der Waals surface area contributed by atoms with E-state index in [0.717, 1.165) is 10.9 Å². The fraction of sp³-hybridized carbons (Fsp3) is 0.267. The highest BCUT2D eigenvalue weighted by atomic mass is 19.1. The van der Waals surface area contributed by atoms with Crippen LogP contribution in [0.15, 0.2) is 31.5 Å². The minimum absolute atomic E-state index is 0.0680. The Kier molecular flexibility index (Phi) is 4.48. The lowest BCUT2D eigenvalue weighted by Crippen LogP contribution is -2.21. The SMILES string of the molecule is C=C.Cc1cc2c(C(=O)N(C)C)cn(C)c2cc1F. The lowest BCUT2D eigenvalue weighted by atomic mass is 10.1. The number of carbonyl (C=O) groups is 1. The summed E-state index contributed by atoms with van der Waals surface area (Å²) in [5, 5.41) is 0.796. The van der Waals surface area contributed by atoms with Crippen molar-refractivity contribution < 1.29 is 9.18 Å². The molecule has 19 heavy (non-hydrogen) atoms. The molecule has 0 fully saturated rings. The Balaban J connectivity index is 0.000000861. The first-order valence-corrected chi connectivity index (χ1v) is 5.88. The van der Waals surface area contributed by atoms with Gasteiger partial charge in [-0.3, -0.25) is 4.79 Å². The Bertz CT molecular complexity index is 614. The van der Waals surface area contributed by atoms with E-state index in [-0.39, 0.29) is 11.7 Å². The maximum Gasteiger partial charge on any atom is 0.255 e. The van der Waals surface area contributed by atoms with Crippen LogP contribution in [0.25, 0.3) is 10.9 Å². The van der Waals surface area contributed by atoms with E-state index in [0.29, 0.717) is 11.1 Å². The molecule has 0 radical (unpaired) electrons. The van der Waals surface area contributed by atoms with E-state index >= 15 is 0 Å². The Labute approximate surface area is 112 Å². The second kappa shape index (κ2) is 5.69. The predicted octanol–water partition coefficient (Wildman–Crippen LogP) is 3.13. The van der Waals surface area contributed by atoms with Crippen LogP contribution in [0.3, 0.4) is 0 Å². The number of rotatable bonds is 1. The Morgan fingerprint density at radius 1 is 1.32 bits per heavy atom. The summed E-state index contributed by atoms with van der Waals surface area (Å²) in [7, 11) is 5.22. The number of hydrogen-bond donors (Lipinski definition) is 0. The van der Waals surface area contributed by atoms with Crippen LogP contribution in [-0.2, 0) is 7.05 Å². The fourth-order valence-electron chi connectivity index (χ4n) is 1.92. The van der Waals surface area contributed by atoms with Crippen LogP contribution in [0.4, 0.5) is 4.39 Å². The number of amides is 1. The molecular formula is C15H19FN2O. The zero-order chi connectivity index (χ0) is 14.7. The Morgan fingerprint density at radius 3 is 2.42 bits per heavy atom. The molecule has 0 bridgehead atoms. The van der Waals surface area contributed by atoms with Gasteiger partial charge in [-0.2, -0.15) is 0 Å². The average molecular weight is 262 g/mol. The molecule has 1 aromatic heterocycles. The minimum Gasteiger partial charge on any atom is -0.350 e. The summed E-state index contributed by atoms with van der Waals surface area (Å²) in [6, 6.07) is 3.19. The molecule has 0 spiro atoms. The van der Waals surface area contributed by atoms with Gasteiger partial charge in [0.25, 0.3) is 5.91 Å². The topological polar surface area (TPSA) is 25.2 Å². The molecule has 0 saturated carbocycles. The summed E-state index contributed by atoms with van der Waals surface area (Å²) in [5.41, 5.74) is 1.89.